The molecule has 6 heteroatoms. The van der Waals surface area contributed by atoms with Crippen molar-refractivity contribution in [3.8, 4) is 0 Å². The molecule has 1 saturated carbocycles. The number of hydrogen-bond acceptors (Lipinski definition) is 4. The molecule has 2 N–H and O–H groups in total. The molecule has 1 heterocycles. The Labute approximate surface area is 112 Å². The van der Waals surface area contributed by atoms with Gasteiger partial charge in [0.25, 0.3) is 0 Å². The lowest BCUT2D eigenvalue weighted by atomic mass is 9.86. The van der Waals surface area contributed by atoms with Crippen LogP contribution in [0.4, 0.5) is 4.79 Å². The molecule has 2 atom stereocenters. The summed E-state index contributed by atoms with van der Waals surface area (Å²) < 4.78 is 4.69. The van der Waals surface area contributed by atoms with Crippen molar-refractivity contribution in [1.29, 1.82) is 0 Å². The quantitative estimate of drug-likeness (QED) is 0.863. The molecular weight excluding hydrogens is 246 g/mol. The average Bonchev–Trinajstić information content (AvgIpc) is 2.91. The summed E-state index contributed by atoms with van der Waals surface area (Å²) >= 11 is 0. The normalized spacial score (nSPS) is 23.1. The molecule has 2 amide bonds. The minimum atomic E-state index is -0.278. The van der Waals surface area contributed by atoms with E-state index in [9.17, 15) is 9.90 Å². The number of amides is 2. The van der Waals surface area contributed by atoms with Gasteiger partial charge in [-0.1, -0.05) is 18.0 Å². The van der Waals surface area contributed by atoms with Crippen molar-refractivity contribution in [1.82, 2.24) is 15.4 Å². The van der Waals surface area contributed by atoms with E-state index in [1.807, 2.05) is 0 Å². The van der Waals surface area contributed by atoms with Gasteiger partial charge in [-0.2, -0.15) is 0 Å². The predicted molar refractivity (Wildman–Crippen MR) is 69.3 cm³/mol. The number of nitrogens with one attached hydrogen (secondary N) is 1. The smallest absolute Gasteiger partial charge is 0.317 e. The highest BCUT2D eigenvalue weighted by Crippen LogP contribution is 2.24. The first kappa shape index (κ1) is 13.9. The second-order valence-electron chi connectivity index (χ2n) is 5.14. The number of nitrogens with zero attached hydrogens (tertiary/aromatic N) is 2. The van der Waals surface area contributed by atoms with E-state index in [2.05, 4.69) is 10.5 Å². The number of carbonyl (C=O) groups excluding carboxylic acids is 1. The SMILES string of the molecule is CN(CC1CCCCC1O)C(=O)NCc1ccon1. The molecule has 1 aliphatic rings. The van der Waals surface area contributed by atoms with Crippen molar-refractivity contribution in [2.45, 2.75) is 38.3 Å². The molecule has 1 aliphatic carbocycles. The predicted octanol–water partition coefficient (Wildman–Crippen LogP) is 1.37. The third-order valence-electron chi connectivity index (χ3n) is 3.64. The van der Waals surface area contributed by atoms with Crippen LogP contribution in [0.5, 0.6) is 0 Å². The maximum Gasteiger partial charge on any atom is 0.317 e. The van der Waals surface area contributed by atoms with Gasteiger partial charge in [0.1, 0.15) is 12.0 Å². The van der Waals surface area contributed by atoms with Gasteiger partial charge in [-0.05, 0) is 12.8 Å². The number of urea groups is 1. The van der Waals surface area contributed by atoms with Crippen LogP contribution in [0.2, 0.25) is 0 Å². The maximum absolute atomic E-state index is 11.9. The number of carbonyl (C=O) groups is 1. The number of aliphatic hydroxyl groups excluding tert-OH is 1. The Bertz CT molecular complexity index is 394. The number of hydrogen-bond donors (Lipinski definition) is 2. The van der Waals surface area contributed by atoms with E-state index in [0.29, 0.717) is 18.8 Å². The number of aliphatic hydroxyl groups is 1. The molecule has 0 saturated heterocycles. The van der Waals surface area contributed by atoms with Gasteiger partial charge in [0.15, 0.2) is 0 Å². The Hall–Kier alpha value is -1.56. The van der Waals surface area contributed by atoms with Crippen LogP contribution >= 0.6 is 0 Å². The van der Waals surface area contributed by atoms with Gasteiger partial charge in [0.2, 0.25) is 0 Å². The Morgan fingerprint density at radius 2 is 2.37 bits per heavy atom. The minimum Gasteiger partial charge on any atom is -0.393 e. The van der Waals surface area contributed by atoms with E-state index < -0.39 is 0 Å². The first-order valence-electron chi connectivity index (χ1n) is 6.73. The average molecular weight is 267 g/mol. The van der Waals surface area contributed by atoms with Gasteiger partial charge >= 0.3 is 6.03 Å². The van der Waals surface area contributed by atoms with Crippen molar-refractivity contribution in [2.24, 2.45) is 5.92 Å². The highest BCUT2D eigenvalue weighted by atomic mass is 16.5. The zero-order chi connectivity index (χ0) is 13.7. The molecule has 0 spiro atoms. The Morgan fingerprint density at radius 3 is 3.05 bits per heavy atom. The van der Waals surface area contributed by atoms with Crippen LogP contribution in [-0.4, -0.2) is 40.9 Å². The fourth-order valence-corrected chi connectivity index (χ4v) is 2.47. The van der Waals surface area contributed by atoms with E-state index in [-0.39, 0.29) is 18.1 Å². The molecule has 2 rings (SSSR count). The Morgan fingerprint density at radius 1 is 1.58 bits per heavy atom. The third-order valence-corrected chi connectivity index (χ3v) is 3.64. The fraction of sp³-hybridized carbons (Fsp3) is 0.692. The fourth-order valence-electron chi connectivity index (χ4n) is 2.47. The first-order valence-corrected chi connectivity index (χ1v) is 6.73. The molecule has 0 radical (unpaired) electrons. The van der Waals surface area contributed by atoms with E-state index in [1.54, 1.807) is 18.0 Å². The van der Waals surface area contributed by atoms with Crippen LogP contribution in [0.3, 0.4) is 0 Å². The number of aromatic nitrogens is 1. The van der Waals surface area contributed by atoms with Crippen LogP contribution in [0, 0.1) is 5.92 Å². The van der Waals surface area contributed by atoms with Gasteiger partial charge in [-0.25, -0.2) is 4.79 Å². The Kier molecular flexibility index (Phi) is 4.79. The highest BCUT2D eigenvalue weighted by Gasteiger charge is 2.25. The summed E-state index contributed by atoms with van der Waals surface area (Å²) in [5.74, 6) is 0.191. The standard InChI is InChI=1S/C13H21N3O3/c1-16(9-10-4-2-3-5-12(10)17)13(18)14-8-11-6-7-19-15-11/h6-7,10,12,17H,2-5,8-9H2,1H3,(H,14,18). The zero-order valence-electron chi connectivity index (χ0n) is 11.2. The van der Waals surface area contributed by atoms with Crippen molar-refractivity contribution in [2.75, 3.05) is 13.6 Å². The van der Waals surface area contributed by atoms with Gasteiger partial charge in [-0.3, -0.25) is 0 Å². The van der Waals surface area contributed by atoms with Crippen LogP contribution in [0.25, 0.3) is 0 Å². The lowest BCUT2D eigenvalue weighted by Crippen LogP contribution is -2.42. The van der Waals surface area contributed by atoms with Gasteiger partial charge in [-0.15, -0.1) is 0 Å². The first-order chi connectivity index (χ1) is 9.16. The molecule has 0 bridgehead atoms. The summed E-state index contributed by atoms with van der Waals surface area (Å²) in [6.45, 7) is 0.943. The molecule has 1 aromatic rings. The molecule has 19 heavy (non-hydrogen) atoms. The number of rotatable bonds is 4. The monoisotopic (exact) mass is 267 g/mol. The molecule has 1 aromatic heterocycles. The summed E-state index contributed by atoms with van der Waals surface area (Å²) in [6, 6.07) is 1.56. The molecule has 2 unspecified atom stereocenters. The molecular formula is C13H21N3O3. The lowest BCUT2D eigenvalue weighted by molar-refractivity contribution is 0.0564. The Balaban J connectivity index is 1.75. The second kappa shape index (κ2) is 6.56. The summed E-state index contributed by atoms with van der Waals surface area (Å²) in [6.07, 6.45) is 5.25. The topological polar surface area (TPSA) is 78.6 Å². The van der Waals surface area contributed by atoms with E-state index in [1.165, 1.54) is 6.26 Å². The van der Waals surface area contributed by atoms with Crippen molar-refractivity contribution in [3.05, 3.63) is 18.0 Å². The van der Waals surface area contributed by atoms with Crippen LogP contribution in [-0.2, 0) is 6.54 Å². The molecule has 6 nitrogen and oxygen atoms in total. The zero-order valence-corrected chi connectivity index (χ0v) is 11.2. The van der Waals surface area contributed by atoms with Crippen molar-refractivity contribution >= 4 is 6.03 Å². The van der Waals surface area contributed by atoms with Gasteiger partial charge in [0, 0.05) is 25.6 Å². The van der Waals surface area contributed by atoms with Crippen molar-refractivity contribution in [3.63, 3.8) is 0 Å². The highest BCUT2D eigenvalue weighted by molar-refractivity contribution is 5.73. The maximum atomic E-state index is 11.9. The summed E-state index contributed by atoms with van der Waals surface area (Å²) in [4.78, 5) is 13.5. The van der Waals surface area contributed by atoms with Crippen LogP contribution in [0.1, 0.15) is 31.4 Å². The van der Waals surface area contributed by atoms with Crippen LogP contribution < -0.4 is 5.32 Å². The summed E-state index contributed by atoms with van der Waals surface area (Å²) in [7, 11) is 1.75. The lowest BCUT2D eigenvalue weighted by Gasteiger charge is -2.31. The van der Waals surface area contributed by atoms with E-state index in [0.717, 1.165) is 25.7 Å². The second-order valence-corrected chi connectivity index (χ2v) is 5.14. The summed E-state index contributed by atoms with van der Waals surface area (Å²) in [5, 5.41) is 16.4. The third kappa shape index (κ3) is 3.96. The molecule has 0 aromatic carbocycles. The molecule has 1 fully saturated rings. The van der Waals surface area contributed by atoms with Crippen molar-refractivity contribution < 1.29 is 14.4 Å². The van der Waals surface area contributed by atoms with E-state index >= 15 is 0 Å². The minimum absolute atomic E-state index is 0.152. The van der Waals surface area contributed by atoms with Gasteiger partial charge < -0.3 is 19.8 Å². The summed E-state index contributed by atoms with van der Waals surface area (Å²) in [5.41, 5.74) is 0.694. The molecule has 106 valence electrons. The van der Waals surface area contributed by atoms with Crippen LogP contribution in [0.15, 0.2) is 16.9 Å². The van der Waals surface area contributed by atoms with E-state index in [4.69, 9.17) is 4.52 Å². The molecule has 0 aliphatic heterocycles. The largest absolute Gasteiger partial charge is 0.393 e. The van der Waals surface area contributed by atoms with Gasteiger partial charge in [0.05, 0.1) is 12.6 Å².